The lowest BCUT2D eigenvalue weighted by Gasteiger charge is -2.40. The quantitative estimate of drug-likeness (QED) is 0.904. The van der Waals surface area contributed by atoms with Gasteiger partial charge in [-0.15, -0.1) is 0 Å². The number of carbonyl (C=O) groups excluding carboxylic acids is 1. The van der Waals surface area contributed by atoms with Gasteiger partial charge in [-0.3, -0.25) is 4.79 Å². The topological polar surface area (TPSA) is 46.3 Å². The molecule has 0 heterocycles. The Bertz CT molecular complexity index is 495. The molecule has 0 aliphatic heterocycles. The second-order valence-electron chi connectivity index (χ2n) is 5.77. The minimum Gasteiger partial charge on any atom is -0.334 e. The third-order valence-corrected chi connectivity index (χ3v) is 4.22. The smallest absolute Gasteiger partial charge is 0.243 e. The summed E-state index contributed by atoms with van der Waals surface area (Å²) in [5.74, 6) is -0.245. The van der Waals surface area contributed by atoms with Crippen LogP contribution >= 0.6 is 0 Å². The number of carbonyl (C=O) groups is 1. The molecule has 3 nitrogen and oxygen atoms in total. The molecule has 1 aromatic rings. The predicted molar refractivity (Wildman–Crippen MR) is 70.7 cm³/mol. The highest BCUT2D eigenvalue weighted by atomic mass is 19.1. The summed E-state index contributed by atoms with van der Waals surface area (Å²) >= 11 is 0. The van der Waals surface area contributed by atoms with Crippen LogP contribution in [0.3, 0.4) is 0 Å². The van der Waals surface area contributed by atoms with Crippen molar-refractivity contribution in [1.82, 2.24) is 4.90 Å². The number of hydrogen-bond acceptors (Lipinski definition) is 2. The zero-order valence-corrected chi connectivity index (χ0v) is 10.9. The second-order valence-corrected chi connectivity index (χ2v) is 5.77. The molecule has 19 heavy (non-hydrogen) atoms. The molecule has 0 bridgehead atoms. The first-order valence-corrected chi connectivity index (χ1v) is 6.93. The molecule has 0 aromatic heterocycles. The summed E-state index contributed by atoms with van der Waals surface area (Å²) in [4.78, 5) is 14.3. The minimum atomic E-state index is -0.687. The highest BCUT2D eigenvalue weighted by Gasteiger charge is 2.46. The Balaban J connectivity index is 1.78. The maximum atomic E-state index is 13.7. The van der Waals surface area contributed by atoms with E-state index in [1.54, 1.807) is 23.1 Å². The number of nitrogens with zero attached hydrogens (tertiary/aromatic N) is 1. The summed E-state index contributed by atoms with van der Waals surface area (Å²) in [5, 5.41) is 0. The van der Waals surface area contributed by atoms with E-state index in [-0.39, 0.29) is 17.8 Å². The van der Waals surface area contributed by atoms with Crippen LogP contribution in [0.15, 0.2) is 24.3 Å². The first kappa shape index (κ1) is 12.6. The Morgan fingerprint density at radius 3 is 2.58 bits per heavy atom. The number of rotatable bonds is 4. The molecule has 1 aromatic carbocycles. The van der Waals surface area contributed by atoms with Gasteiger partial charge in [0.15, 0.2) is 0 Å². The number of halogens is 1. The van der Waals surface area contributed by atoms with Crippen LogP contribution in [-0.2, 0) is 11.3 Å². The Morgan fingerprint density at radius 2 is 2.05 bits per heavy atom. The molecule has 1 amide bonds. The lowest BCUT2D eigenvalue weighted by molar-refractivity contribution is -0.141. The highest BCUT2D eigenvalue weighted by molar-refractivity contribution is 5.87. The van der Waals surface area contributed by atoms with Crippen molar-refractivity contribution >= 4 is 5.91 Å². The fourth-order valence-electron chi connectivity index (χ4n) is 2.62. The van der Waals surface area contributed by atoms with Crippen LogP contribution in [0.5, 0.6) is 0 Å². The highest BCUT2D eigenvalue weighted by Crippen LogP contribution is 2.36. The molecule has 0 radical (unpaired) electrons. The van der Waals surface area contributed by atoms with Gasteiger partial charge in [-0.2, -0.15) is 0 Å². The maximum Gasteiger partial charge on any atom is 0.243 e. The summed E-state index contributed by atoms with van der Waals surface area (Å²) in [5.41, 5.74) is 6.01. The molecule has 0 unspecified atom stereocenters. The van der Waals surface area contributed by atoms with Gasteiger partial charge in [-0.25, -0.2) is 4.39 Å². The fraction of sp³-hybridized carbons (Fsp3) is 0.533. The van der Waals surface area contributed by atoms with E-state index in [0.717, 1.165) is 32.1 Å². The average Bonchev–Trinajstić information content (AvgIpc) is 3.18. The number of nitrogens with two attached hydrogens (primary N) is 1. The summed E-state index contributed by atoms with van der Waals surface area (Å²) in [6.07, 6.45) is 4.55. The number of benzene rings is 1. The molecule has 0 spiro atoms. The van der Waals surface area contributed by atoms with E-state index >= 15 is 0 Å². The molecule has 3 rings (SSSR count). The third-order valence-electron chi connectivity index (χ3n) is 4.22. The van der Waals surface area contributed by atoms with Gasteiger partial charge in [0, 0.05) is 18.2 Å². The third kappa shape index (κ3) is 2.37. The summed E-state index contributed by atoms with van der Waals surface area (Å²) < 4.78 is 13.7. The van der Waals surface area contributed by atoms with Crippen molar-refractivity contribution in [1.29, 1.82) is 0 Å². The Labute approximate surface area is 112 Å². The van der Waals surface area contributed by atoms with Crippen LogP contribution in [0.4, 0.5) is 4.39 Å². The van der Waals surface area contributed by atoms with E-state index in [4.69, 9.17) is 5.73 Å². The van der Waals surface area contributed by atoms with Gasteiger partial charge >= 0.3 is 0 Å². The molecule has 4 heteroatoms. The van der Waals surface area contributed by atoms with E-state index in [1.165, 1.54) is 6.07 Å². The average molecular weight is 262 g/mol. The van der Waals surface area contributed by atoms with Crippen LogP contribution in [0.1, 0.15) is 37.7 Å². The molecule has 2 N–H and O–H groups in total. The van der Waals surface area contributed by atoms with Gasteiger partial charge in [0.25, 0.3) is 0 Å². The second kappa shape index (κ2) is 4.60. The zero-order chi connectivity index (χ0) is 13.5. The van der Waals surface area contributed by atoms with Crippen molar-refractivity contribution in [3.63, 3.8) is 0 Å². The molecule has 2 saturated carbocycles. The molecule has 2 aliphatic rings. The van der Waals surface area contributed by atoms with Gasteiger partial charge in [-0.05, 0) is 38.2 Å². The summed E-state index contributed by atoms with van der Waals surface area (Å²) in [6, 6.07) is 6.90. The molecule has 0 atom stereocenters. The van der Waals surface area contributed by atoms with Crippen molar-refractivity contribution < 1.29 is 9.18 Å². The van der Waals surface area contributed by atoms with E-state index in [2.05, 4.69) is 0 Å². The number of amides is 1. The van der Waals surface area contributed by atoms with Crippen LogP contribution < -0.4 is 5.73 Å². The molecule has 102 valence electrons. The Kier molecular flexibility index (Phi) is 3.05. The largest absolute Gasteiger partial charge is 0.334 e. The van der Waals surface area contributed by atoms with E-state index in [1.807, 2.05) is 0 Å². The van der Waals surface area contributed by atoms with Crippen molar-refractivity contribution in [2.75, 3.05) is 0 Å². The van der Waals surface area contributed by atoms with Crippen molar-refractivity contribution in [2.45, 2.75) is 50.2 Å². The van der Waals surface area contributed by atoms with Crippen LogP contribution in [0.25, 0.3) is 0 Å². The molecule has 2 fully saturated rings. The first-order chi connectivity index (χ1) is 9.10. The van der Waals surface area contributed by atoms with E-state index in [9.17, 15) is 9.18 Å². The van der Waals surface area contributed by atoms with E-state index < -0.39 is 5.54 Å². The Morgan fingerprint density at radius 1 is 1.37 bits per heavy atom. The van der Waals surface area contributed by atoms with Gasteiger partial charge in [-0.1, -0.05) is 18.2 Å². The molecular weight excluding hydrogens is 243 g/mol. The molecule has 0 saturated heterocycles. The van der Waals surface area contributed by atoms with Crippen LogP contribution in [0, 0.1) is 5.82 Å². The van der Waals surface area contributed by atoms with Crippen LogP contribution in [0.2, 0.25) is 0 Å². The summed E-state index contributed by atoms with van der Waals surface area (Å²) in [7, 11) is 0. The van der Waals surface area contributed by atoms with Gasteiger partial charge in [0.05, 0.1) is 5.54 Å². The zero-order valence-electron chi connectivity index (χ0n) is 10.9. The lowest BCUT2D eigenvalue weighted by atomic mass is 9.76. The normalized spacial score (nSPS) is 20.7. The lowest BCUT2D eigenvalue weighted by Crippen LogP contribution is -2.59. The molecular formula is C15H19FN2O. The minimum absolute atomic E-state index is 0.00417. The van der Waals surface area contributed by atoms with Gasteiger partial charge < -0.3 is 10.6 Å². The standard InChI is InChI=1S/C15H19FN2O/c16-13-5-2-1-4-11(13)10-18(12-6-7-12)14(19)15(17)8-3-9-15/h1-2,4-5,12H,3,6-10,17H2. The Hall–Kier alpha value is -1.42. The van der Waals surface area contributed by atoms with Gasteiger partial charge in [0.2, 0.25) is 5.91 Å². The SMILES string of the molecule is NC1(C(=O)N(Cc2ccccc2F)C2CC2)CCC1. The number of hydrogen-bond donors (Lipinski definition) is 1. The van der Waals surface area contributed by atoms with Crippen LogP contribution in [-0.4, -0.2) is 22.4 Å². The predicted octanol–water partition coefficient (Wildman–Crippen LogP) is 2.20. The molecule has 2 aliphatic carbocycles. The van der Waals surface area contributed by atoms with Crippen molar-refractivity contribution in [3.05, 3.63) is 35.6 Å². The monoisotopic (exact) mass is 262 g/mol. The summed E-state index contributed by atoms with van der Waals surface area (Å²) in [6.45, 7) is 0.342. The van der Waals surface area contributed by atoms with Gasteiger partial charge in [0.1, 0.15) is 5.82 Å². The first-order valence-electron chi connectivity index (χ1n) is 6.93. The fourth-order valence-corrected chi connectivity index (χ4v) is 2.62. The maximum absolute atomic E-state index is 13.7. The van der Waals surface area contributed by atoms with E-state index in [0.29, 0.717) is 12.1 Å². The van der Waals surface area contributed by atoms with Crippen molar-refractivity contribution in [3.8, 4) is 0 Å². The van der Waals surface area contributed by atoms with Crippen molar-refractivity contribution in [2.24, 2.45) is 5.73 Å².